The Labute approximate surface area is 143 Å². The average molecular weight is 307 g/mol. The molecule has 0 aliphatic carbocycles. The van der Waals surface area contributed by atoms with Gasteiger partial charge in [0, 0.05) is 27.0 Å². The molecule has 0 fully saturated rings. The van der Waals surface area contributed by atoms with Crippen molar-refractivity contribution in [3.8, 4) is 5.69 Å². The van der Waals surface area contributed by atoms with Crippen molar-refractivity contribution in [1.82, 2.24) is 4.57 Å². The van der Waals surface area contributed by atoms with E-state index in [1.165, 1.54) is 0 Å². The van der Waals surface area contributed by atoms with Crippen LogP contribution in [0.15, 0.2) is 54.6 Å². The maximum Gasteiger partial charge on any atom is 0.116 e. The fraction of sp³-hybridized carbons (Fsp3) is 0. The van der Waals surface area contributed by atoms with Crippen molar-refractivity contribution in [3.05, 3.63) is 59.6 Å². The van der Waals surface area contributed by atoms with Gasteiger partial charge in [-0.3, -0.25) is 0 Å². The second kappa shape index (κ2) is 5.24. The maximum atomic E-state index is 6.30. The molecule has 0 bridgehead atoms. The standard InChI is InChI=1S/C18H9B3ClN/c19-14-13-11-8-4-5-9-12(11)23(10-6-2-1-3-7-10)18(13)16(21)15(20)17(14)22/h1-9H. The van der Waals surface area contributed by atoms with E-state index in [1.807, 2.05) is 54.6 Å². The minimum Gasteiger partial charge on any atom is -0.310 e. The molecule has 102 valence electrons. The molecular weight excluding hydrogens is 298 g/mol. The van der Waals surface area contributed by atoms with Gasteiger partial charge in [-0.2, -0.15) is 0 Å². The molecule has 1 heterocycles. The van der Waals surface area contributed by atoms with E-state index >= 15 is 0 Å². The van der Waals surface area contributed by atoms with Crippen molar-refractivity contribution in [3.63, 3.8) is 0 Å². The number of rotatable bonds is 1. The monoisotopic (exact) mass is 307 g/mol. The van der Waals surface area contributed by atoms with E-state index in [2.05, 4.69) is 4.57 Å². The summed E-state index contributed by atoms with van der Waals surface area (Å²) in [6, 6.07) is 18.0. The van der Waals surface area contributed by atoms with Gasteiger partial charge in [-0.05, 0) is 18.2 Å². The highest BCUT2D eigenvalue weighted by molar-refractivity contribution is 6.64. The van der Waals surface area contributed by atoms with Crippen LogP contribution in [0.25, 0.3) is 27.5 Å². The van der Waals surface area contributed by atoms with Gasteiger partial charge in [0.05, 0.1) is 5.52 Å². The topological polar surface area (TPSA) is 4.93 Å². The Morgan fingerprint density at radius 2 is 1.39 bits per heavy atom. The smallest absolute Gasteiger partial charge is 0.116 e. The van der Waals surface area contributed by atoms with Gasteiger partial charge in [0.25, 0.3) is 0 Å². The summed E-state index contributed by atoms with van der Waals surface area (Å²) in [4.78, 5) is 0. The molecule has 0 unspecified atom stereocenters. The molecule has 0 N–H and O–H groups in total. The highest BCUT2D eigenvalue weighted by atomic mass is 35.5. The first kappa shape index (κ1) is 14.5. The number of hydrogen-bond donors (Lipinski definition) is 0. The van der Waals surface area contributed by atoms with Crippen LogP contribution in [0.1, 0.15) is 0 Å². The highest BCUT2D eigenvalue weighted by Crippen LogP contribution is 2.30. The molecule has 5 heteroatoms. The second-order valence-electron chi connectivity index (χ2n) is 5.47. The van der Waals surface area contributed by atoms with Crippen molar-refractivity contribution < 1.29 is 0 Å². The third-order valence-electron chi connectivity index (χ3n) is 4.18. The summed E-state index contributed by atoms with van der Waals surface area (Å²) in [6.45, 7) is 0. The van der Waals surface area contributed by atoms with Crippen LogP contribution in [0.2, 0.25) is 5.02 Å². The first-order chi connectivity index (χ1) is 11.1. The van der Waals surface area contributed by atoms with Gasteiger partial charge in [-0.25, -0.2) is 0 Å². The highest BCUT2D eigenvalue weighted by Gasteiger charge is 2.18. The fourth-order valence-corrected chi connectivity index (χ4v) is 3.31. The number of para-hydroxylation sites is 2. The van der Waals surface area contributed by atoms with Crippen LogP contribution in [0.3, 0.4) is 0 Å². The minimum absolute atomic E-state index is 0.311. The number of fused-ring (bicyclic) bond motifs is 3. The van der Waals surface area contributed by atoms with Gasteiger partial charge in [-0.15, -0.1) is 0 Å². The minimum atomic E-state index is 0.311. The molecule has 1 aromatic heterocycles. The molecule has 0 saturated heterocycles. The Bertz CT molecular complexity index is 1050. The zero-order valence-electron chi connectivity index (χ0n) is 12.3. The Morgan fingerprint density at radius 1 is 0.739 bits per heavy atom. The summed E-state index contributed by atoms with van der Waals surface area (Å²) in [5.74, 6) is 0. The quantitative estimate of drug-likeness (QED) is 0.473. The summed E-state index contributed by atoms with van der Waals surface area (Å²) in [7, 11) is 18.6. The molecule has 0 aliphatic rings. The lowest BCUT2D eigenvalue weighted by molar-refractivity contribution is 1.19. The van der Waals surface area contributed by atoms with Gasteiger partial charge >= 0.3 is 0 Å². The van der Waals surface area contributed by atoms with Crippen LogP contribution in [0.4, 0.5) is 0 Å². The number of halogens is 1. The largest absolute Gasteiger partial charge is 0.310 e. The van der Waals surface area contributed by atoms with Gasteiger partial charge in [0.2, 0.25) is 0 Å². The van der Waals surface area contributed by atoms with Crippen LogP contribution >= 0.6 is 11.6 Å². The van der Waals surface area contributed by atoms with Crippen molar-refractivity contribution in [2.75, 3.05) is 0 Å². The van der Waals surface area contributed by atoms with E-state index < -0.39 is 0 Å². The van der Waals surface area contributed by atoms with E-state index in [4.69, 9.17) is 35.1 Å². The lowest BCUT2D eigenvalue weighted by atomic mass is 9.74. The Hall–Kier alpha value is -2.06. The Kier molecular flexibility index (Phi) is 3.31. The maximum absolute atomic E-state index is 6.30. The van der Waals surface area contributed by atoms with E-state index in [0.29, 0.717) is 21.4 Å². The summed E-state index contributed by atoms with van der Waals surface area (Å²) in [5.41, 5.74) is 4.01. The first-order valence-corrected chi connectivity index (χ1v) is 7.59. The zero-order chi connectivity index (χ0) is 16.1. The SMILES string of the molecule is [B]c1c(Cl)c([B])c2c3ccccc3n(-c3ccccc3)c2c1[B]. The predicted molar refractivity (Wildman–Crippen MR) is 102 cm³/mol. The molecule has 6 radical (unpaired) electrons. The molecule has 3 aromatic carbocycles. The van der Waals surface area contributed by atoms with Crippen molar-refractivity contribution in [2.24, 2.45) is 0 Å². The summed E-state index contributed by atoms with van der Waals surface area (Å²) in [6.07, 6.45) is 0. The summed E-state index contributed by atoms with van der Waals surface area (Å²) >= 11 is 6.28. The number of benzene rings is 3. The lowest BCUT2D eigenvalue weighted by Crippen LogP contribution is -2.33. The molecule has 0 atom stereocenters. The molecule has 4 aromatic rings. The van der Waals surface area contributed by atoms with Crippen LogP contribution in [0.5, 0.6) is 0 Å². The number of hydrogen-bond acceptors (Lipinski definition) is 0. The van der Waals surface area contributed by atoms with E-state index in [-0.39, 0.29) is 0 Å². The van der Waals surface area contributed by atoms with Crippen LogP contribution in [-0.4, -0.2) is 28.1 Å². The van der Waals surface area contributed by atoms with Crippen LogP contribution in [0, 0.1) is 0 Å². The molecule has 0 saturated carbocycles. The molecule has 0 aliphatic heterocycles. The summed E-state index contributed by atoms with van der Waals surface area (Å²) in [5, 5.41) is 2.14. The third-order valence-corrected chi connectivity index (χ3v) is 4.58. The molecule has 0 amide bonds. The third kappa shape index (κ3) is 1.98. The van der Waals surface area contributed by atoms with Crippen molar-refractivity contribution in [1.29, 1.82) is 0 Å². The first-order valence-electron chi connectivity index (χ1n) is 7.21. The number of aromatic nitrogens is 1. The van der Waals surface area contributed by atoms with Crippen LogP contribution < -0.4 is 16.4 Å². The summed E-state index contributed by atoms with van der Waals surface area (Å²) < 4.78 is 2.07. The molecule has 4 rings (SSSR count). The fourth-order valence-electron chi connectivity index (χ4n) is 3.11. The zero-order valence-corrected chi connectivity index (χ0v) is 13.0. The van der Waals surface area contributed by atoms with Crippen LogP contribution in [-0.2, 0) is 0 Å². The van der Waals surface area contributed by atoms with E-state index in [9.17, 15) is 0 Å². The molecule has 0 spiro atoms. The molecular formula is C18H9B3ClN. The van der Waals surface area contributed by atoms with Crippen molar-refractivity contribution in [2.45, 2.75) is 0 Å². The Morgan fingerprint density at radius 3 is 2.13 bits per heavy atom. The van der Waals surface area contributed by atoms with Gasteiger partial charge in [0.1, 0.15) is 23.5 Å². The van der Waals surface area contributed by atoms with E-state index in [1.54, 1.807) is 0 Å². The van der Waals surface area contributed by atoms with Crippen molar-refractivity contribution >= 4 is 73.3 Å². The normalized spacial score (nSPS) is 11.3. The van der Waals surface area contributed by atoms with Gasteiger partial charge in [-0.1, -0.05) is 64.4 Å². The molecule has 1 nitrogen and oxygen atoms in total. The lowest BCUT2D eigenvalue weighted by Gasteiger charge is -2.14. The van der Waals surface area contributed by atoms with Gasteiger partial charge in [0.15, 0.2) is 0 Å². The average Bonchev–Trinajstić information content (AvgIpc) is 2.94. The predicted octanol–water partition coefficient (Wildman–Crippen LogP) is 1.82. The Balaban J connectivity index is 2.33. The molecule has 23 heavy (non-hydrogen) atoms. The van der Waals surface area contributed by atoms with Gasteiger partial charge < -0.3 is 4.57 Å². The second-order valence-corrected chi connectivity index (χ2v) is 5.84. The van der Waals surface area contributed by atoms with E-state index in [0.717, 1.165) is 27.5 Å². The number of nitrogens with zero attached hydrogens (tertiary/aromatic N) is 1.